The quantitative estimate of drug-likeness (QED) is 0.936. The fourth-order valence-corrected chi connectivity index (χ4v) is 2.10. The molecule has 19 heavy (non-hydrogen) atoms. The Morgan fingerprint density at radius 1 is 1.37 bits per heavy atom. The van der Waals surface area contributed by atoms with Gasteiger partial charge in [0.1, 0.15) is 11.6 Å². The number of hydrogen-bond donors (Lipinski definition) is 1. The largest absolute Gasteiger partial charge is 0.366 e. The van der Waals surface area contributed by atoms with E-state index in [0.29, 0.717) is 23.5 Å². The maximum Gasteiger partial charge on any atom is 0.128 e. The van der Waals surface area contributed by atoms with Gasteiger partial charge in [0.05, 0.1) is 11.6 Å². The normalized spacial score (nSPS) is 10.0. The summed E-state index contributed by atoms with van der Waals surface area (Å²) in [5.41, 5.74) is 1.82. The van der Waals surface area contributed by atoms with Gasteiger partial charge in [-0.3, -0.25) is 0 Å². The lowest BCUT2D eigenvalue weighted by atomic mass is 10.2. The van der Waals surface area contributed by atoms with Crippen LogP contribution in [0.3, 0.4) is 0 Å². The smallest absolute Gasteiger partial charge is 0.128 e. The number of benzene rings is 1. The van der Waals surface area contributed by atoms with Crippen molar-refractivity contribution in [3.63, 3.8) is 0 Å². The van der Waals surface area contributed by atoms with Crippen LogP contribution in [-0.2, 0) is 6.54 Å². The van der Waals surface area contributed by atoms with E-state index in [9.17, 15) is 4.39 Å². The molecular formula is C14H11BrFN3. The van der Waals surface area contributed by atoms with Crippen LogP contribution in [0.4, 0.5) is 10.2 Å². The van der Waals surface area contributed by atoms with E-state index in [4.69, 9.17) is 5.26 Å². The predicted molar refractivity (Wildman–Crippen MR) is 75.1 cm³/mol. The number of aryl methyl sites for hydroxylation is 1. The number of halogens is 2. The maximum absolute atomic E-state index is 13.6. The first kappa shape index (κ1) is 13.5. The summed E-state index contributed by atoms with van der Waals surface area (Å²) in [6.45, 7) is 2.12. The summed E-state index contributed by atoms with van der Waals surface area (Å²) in [6.07, 6.45) is 0. The highest BCUT2D eigenvalue weighted by molar-refractivity contribution is 9.10. The summed E-state index contributed by atoms with van der Waals surface area (Å²) < 4.78 is 14.4. The third-order valence-electron chi connectivity index (χ3n) is 2.55. The van der Waals surface area contributed by atoms with Gasteiger partial charge in [0.2, 0.25) is 0 Å². The Morgan fingerprint density at radius 3 is 2.89 bits per heavy atom. The van der Waals surface area contributed by atoms with E-state index in [2.05, 4.69) is 32.3 Å². The number of nitrogens with zero attached hydrogens (tertiary/aromatic N) is 2. The average Bonchev–Trinajstić information content (AvgIpc) is 2.39. The topological polar surface area (TPSA) is 48.7 Å². The lowest BCUT2D eigenvalue weighted by Crippen LogP contribution is -2.04. The second-order valence-corrected chi connectivity index (χ2v) is 5.00. The minimum Gasteiger partial charge on any atom is -0.366 e. The highest BCUT2D eigenvalue weighted by Crippen LogP contribution is 2.17. The van der Waals surface area contributed by atoms with E-state index in [-0.39, 0.29) is 5.82 Å². The van der Waals surface area contributed by atoms with Gasteiger partial charge < -0.3 is 5.32 Å². The van der Waals surface area contributed by atoms with Crippen molar-refractivity contribution in [1.29, 1.82) is 5.26 Å². The summed E-state index contributed by atoms with van der Waals surface area (Å²) in [5, 5.41) is 11.9. The summed E-state index contributed by atoms with van der Waals surface area (Å²) in [4.78, 5) is 4.25. The van der Waals surface area contributed by atoms with E-state index in [1.165, 1.54) is 6.07 Å². The maximum atomic E-state index is 13.6. The zero-order chi connectivity index (χ0) is 13.8. The molecule has 0 atom stereocenters. The molecule has 1 heterocycles. The Hall–Kier alpha value is -1.93. The SMILES string of the molecule is Cc1cc(C#N)cc(NCc2cc(Br)ccc2F)n1. The molecule has 3 nitrogen and oxygen atoms in total. The van der Waals surface area contributed by atoms with Crippen molar-refractivity contribution in [2.24, 2.45) is 0 Å². The van der Waals surface area contributed by atoms with Gasteiger partial charge in [0.25, 0.3) is 0 Å². The van der Waals surface area contributed by atoms with Crippen LogP contribution >= 0.6 is 15.9 Å². The second-order valence-electron chi connectivity index (χ2n) is 4.08. The molecule has 0 aliphatic heterocycles. The van der Waals surface area contributed by atoms with Gasteiger partial charge in [-0.25, -0.2) is 9.37 Å². The van der Waals surface area contributed by atoms with Crippen LogP contribution in [0.15, 0.2) is 34.8 Å². The van der Waals surface area contributed by atoms with Gasteiger partial charge in [-0.2, -0.15) is 5.26 Å². The lowest BCUT2D eigenvalue weighted by Gasteiger charge is -2.08. The van der Waals surface area contributed by atoms with Crippen LogP contribution in [0, 0.1) is 24.1 Å². The van der Waals surface area contributed by atoms with E-state index < -0.39 is 0 Å². The molecule has 5 heteroatoms. The van der Waals surface area contributed by atoms with E-state index in [1.807, 2.05) is 6.92 Å². The third kappa shape index (κ3) is 3.52. The fraction of sp³-hybridized carbons (Fsp3) is 0.143. The van der Waals surface area contributed by atoms with E-state index in [1.54, 1.807) is 24.3 Å². The molecule has 0 saturated heterocycles. The highest BCUT2D eigenvalue weighted by Gasteiger charge is 2.04. The predicted octanol–water partition coefficient (Wildman–Crippen LogP) is 3.78. The molecular weight excluding hydrogens is 309 g/mol. The molecule has 0 fully saturated rings. The van der Waals surface area contributed by atoms with Crippen LogP contribution in [0.2, 0.25) is 0 Å². The van der Waals surface area contributed by atoms with Gasteiger partial charge in [-0.1, -0.05) is 15.9 Å². The van der Waals surface area contributed by atoms with Gasteiger partial charge in [0, 0.05) is 22.3 Å². The minimum absolute atomic E-state index is 0.274. The van der Waals surface area contributed by atoms with E-state index >= 15 is 0 Å². The monoisotopic (exact) mass is 319 g/mol. The summed E-state index contributed by atoms with van der Waals surface area (Å²) in [7, 11) is 0. The second kappa shape index (κ2) is 5.81. The molecule has 0 amide bonds. The van der Waals surface area contributed by atoms with Gasteiger partial charge in [0.15, 0.2) is 0 Å². The average molecular weight is 320 g/mol. The van der Waals surface area contributed by atoms with Gasteiger partial charge in [-0.15, -0.1) is 0 Å². The van der Waals surface area contributed by atoms with Gasteiger partial charge in [-0.05, 0) is 37.3 Å². The van der Waals surface area contributed by atoms with Crippen LogP contribution in [0.5, 0.6) is 0 Å². The summed E-state index contributed by atoms with van der Waals surface area (Å²) in [6, 6.07) is 10.2. The fourth-order valence-electron chi connectivity index (χ4n) is 1.69. The Bertz CT molecular complexity index is 650. The Morgan fingerprint density at radius 2 is 2.16 bits per heavy atom. The molecule has 0 unspecified atom stereocenters. The molecule has 0 aliphatic rings. The molecule has 0 saturated carbocycles. The molecule has 96 valence electrons. The number of hydrogen-bond acceptors (Lipinski definition) is 3. The summed E-state index contributed by atoms with van der Waals surface area (Å²) >= 11 is 3.30. The Balaban J connectivity index is 2.17. The van der Waals surface area contributed by atoms with Crippen LogP contribution in [0.25, 0.3) is 0 Å². The number of nitriles is 1. The van der Waals surface area contributed by atoms with Crippen molar-refractivity contribution >= 4 is 21.7 Å². The first-order valence-corrected chi connectivity index (χ1v) is 6.44. The molecule has 2 rings (SSSR count). The van der Waals surface area contributed by atoms with Gasteiger partial charge >= 0.3 is 0 Å². The molecule has 2 aromatic rings. The van der Waals surface area contributed by atoms with Crippen molar-refractivity contribution in [1.82, 2.24) is 4.98 Å². The molecule has 0 spiro atoms. The molecule has 1 aromatic heterocycles. The zero-order valence-electron chi connectivity index (χ0n) is 10.2. The number of aromatic nitrogens is 1. The molecule has 1 N–H and O–H groups in total. The highest BCUT2D eigenvalue weighted by atomic mass is 79.9. The van der Waals surface area contributed by atoms with Crippen LogP contribution in [0.1, 0.15) is 16.8 Å². The first-order valence-electron chi connectivity index (χ1n) is 5.65. The van der Waals surface area contributed by atoms with E-state index in [0.717, 1.165) is 10.2 Å². The first-order chi connectivity index (χ1) is 9.08. The summed E-state index contributed by atoms with van der Waals surface area (Å²) in [5.74, 6) is 0.291. The van der Waals surface area contributed by atoms with Crippen molar-refractivity contribution in [2.45, 2.75) is 13.5 Å². The number of anilines is 1. The molecule has 1 aromatic carbocycles. The Kier molecular flexibility index (Phi) is 4.13. The van der Waals surface area contributed by atoms with Crippen LogP contribution in [-0.4, -0.2) is 4.98 Å². The number of nitrogens with one attached hydrogen (secondary N) is 1. The molecule has 0 bridgehead atoms. The minimum atomic E-state index is -0.274. The third-order valence-corrected chi connectivity index (χ3v) is 3.04. The Labute approximate surface area is 119 Å². The number of pyridine rings is 1. The lowest BCUT2D eigenvalue weighted by molar-refractivity contribution is 0.612. The van der Waals surface area contributed by atoms with Crippen LogP contribution < -0.4 is 5.32 Å². The van der Waals surface area contributed by atoms with Crippen molar-refractivity contribution in [3.05, 3.63) is 57.4 Å². The van der Waals surface area contributed by atoms with Crippen molar-refractivity contribution < 1.29 is 4.39 Å². The zero-order valence-corrected chi connectivity index (χ0v) is 11.8. The molecule has 0 aliphatic carbocycles. The standard InChI is InChI=1S/C14H11BrFN3/c1-9-4-10(7-17)5-14(19-9)18-8-11-6-12(15)2-3-13(11)16/h2-6H,8H2,1H3,(H,18,19). The molecule has 0 radical (unpaired) electrons. The number of rotatable bonds is 3. The van der Waals surface area contributed by atoms with Crippen molar-refractivity contribution in [2.75, 3.05) is 5.32 Å². The van der Waals surface area contributed by atoms with Crippen molar-refractivity contribution in [3.8, 4) is 6.07 Å².